The fourth-order valence-electron chi connectivity index (χ4n) is 1.66. The highest BCUT2D eigenvalue weighted by atomic mass is 79.9. The van der Waals surface area contributed by atoms with Crippen LogP contribution in [-0.4, -0.2) is 43.7 Å². The summed E-state index contributed by atoms with van der Waals surface area (Å²) in [5.41, 5.74) is 0. The quantitative estimate of drug-likeness (QED) is 0.914. The maximum absolute atomic E-state index is 11.8. The first-order chi connectivity index (χ1) is 8.27. The molecule has 94 valence electrons. The van der Waals surface area contributed by atoms with Crippen LogP contribution in [0.2, 0.25) is 0 Å². The lowest BCUT2D eigenvalue weighted by atomic mass is 10.4. The van der Waals surface area contributed by atoms with Crippen molar-refractivity contribution in [1.29, 1.82) is 0 Å². The maximum atomic E-state index is 11.8. The molecule has 0 saturated carbocycles. The molecule has 1 fully saturated rings. The predicted octanol–water partition coefficient (Wildman–Crippen LogP) is 1.46. The Kier molecular flexibility index (Phi) is 4.97. The molecular weight excluding hydrogens is 304 g/mol. The van der Waals surface area contributed by atoms with E-state index in [1.54, 1.807) is 11.3 Å². The topological polar surface area (TPSA) is 41.6 Å². The van der Waals surface area contributed by atoms with Gasteiger partial charge in [-0.15, -0.1) is 11.3 Å². The summed E-state index contributed by atoms with van der Waals surface area (Å²) in [6, 6.07) is 2.02. The summed E-state index contributed by atoms with van der Waals surface area (Å²) >= 11 is 5.15. The first-order valence-electron chi connectivity index (χ1n) is 5.55. The average molecular weight is 319 g/mol. The lowest BCUT2D eigenvalue weighted by Gasteiger charge is -2.26. The summed E-state index contributed by atoms with van der Waals surface area (Å²) in [6.07, 6.45) is 0. The minimum atomic E-state index is 0.154. The fraction of sp³-hybridized carbons (Fsp3) is 0.545. The van der Waals surface area contributed by atoms with Crippen molar-refractivity contribution in [3.8, 4) is 0 Å². The van der Waals surface area contributed by atoms with Gasteiger partial charge < -0.3 is 15.0 Å². The number of thiophene rings is 1. The van der Waals surface area contributed by atoms with Crippen molar-refractivity contribution in [3.05, 3.63) is 20.8 Å². The van der Waals surface area contributed by atoms with Crippen molar-refractivity contribution in [1.82, 2.24) is 10.2 Å². The van der Waals surface area contributed by atoms with Crippen molar-refractivity contribution in [2.24, 2.45) is 0 Å². The zero-order valence-electron chi connectivity index (χ0n) is 9.45. The molecule has 6 heteroatoms. The monoisotopic (exact) mass is 318 g/mol. The summed E-state index contributed by atoms with van der Waals surface area (Å²) < 4.78 is 6.32. The van der Waals surface area contributed by atoms with Gasteiger partial charge >= 0.3 is 0 Å². The van der Waals surface area contributed by atoms with Crippen LogP contribution >= 0.6 is 27.3 Å². The largest absolute Gasteiger partial charge is 0.378 e. The SMILES string of the molecule is O=C(CNCc1sccc1Br)N1CCOCC1. The molecule has 1 aliphatic heterocycles. The van der Waals surface area contributed by atoms with Crippen LogP contribution < -0.4 is 5.32 Å². The highest BCUT2D eigenvalue weighted by Gasteiger charge is 2.16. The second-order valence-electron chi connectivity index (χ2n) is 3.79. The third kappa shape index (κ3) is 3.77. The summed E-state index contributed by atoms with van der Waals surface area (Å²) in [6.45, 7) is 3.86. The molecule has 0 aromatic carbocycles. The summed E-state index contributed by atoms with van der Waals surface area (Å²) in [7, 11) is 0. The number of nitrogens with one attached hydrogen (secondary N) is 1. The van der Waals surface area contributed by atoms with Gasteiger partial charge in [0.15, 0.2) is 0 Å². The molecule has 0 radical (unpaired) electrons. The van der Waals surface area contributed by atoms with Crippen LogP contribution in [0.3, 0.4) is 0 Å². The van der Waals surface area contributed by atoms with Crippen LogP contribution in [0.15, 0.2) is 15.9 Å². The van der Waals surface area contributed by atoms with Gasteiger partial charge in [0.05, 0.1) is 19.8 Å². The minimum Gasteiger partial charge on any atom is -0.378 e. The molecule has 1 aromatic rings. The molecule has 1 aliphatic rings. The van der Waals surface area contributed by atoms with Gasteiger partial charge in [0.25, 0.3) is 0 Å². The van der Waals surface area contributed by atoms with E-state index in [0.717, 1.165) is 11.0 Å². The standard InChI is InChI=1S/C11H15BrN2O2S/c12-9-1-6-17-10(9)7-13-8-11(15)14-2-4-16-5-3-14/h1,6,13H,2-5,7-8H2. The van der Waals surface area contributed by atoms with Crippen LogP contribution in [-0.2, 0) is 16.1 Å². The Balaban J connectivity index is 1.71. The van der Waals surface area contributed by atoms with Gasteiger partial charge in [0, 0.05) is 29.0 Å². The van der Waals surface area contributed by atoms with Gasteiger partial charge in [-0.05, 0) is 27.4 Å². The number of carbonyl (C=O) groups excluding carboxylic acids is 1. The Bertz CT molecular complexity index is 377. The van der Waals surface area contributed by atoms with E-state index in [0.29, 0.717) is 32.8 Å². The van der Waals surface area contributed by atoms with E-state index in [1.807, 2.05) is 16.3 Å². The zero-order valence-corrected chi connectivity index (χ0v) is 11.8. The first-order valence-corrected chi connectivity index (χ1v) is 7.23. The Morgan fingerprint density at radius 3 is 2.94 bits per heavy atom. The molecular formula is C11H15BrN2O2S. The van der Waals surface area contributed by atoms with E-state index in [9.17, 15) is 4.79 Å². The first kappa shape index (κ1) is 13.0. The van der Waals surface area contributed by atoms with E-state index < -0.39 is 0 Å². The normalized spacial score (nSPS) is 16.2. The molecule has 0 bridgehead atoms. The number of rotatable bonds is 4. The summed E-state index contributed by atoms with van der Waals surface area (Å²) in [5.74, 6) is 0.154. The highest BCUT2D eigenvalue weighted by Crippen LogP contribution is 2.21. The van der Waals surface area contributed by atoms with Crippen molar-refractivity contribution in [3.63, 3.8) is 0 Å². The van der Waals surface area contributed by atoms with Gasteiger partial charge in [-0.3, -0.25) is 4.79 Å². The van der Waals surface area contributed by atoms with Crippen LogP contribution in [0.5, 0.6) is 0 Å². The average Bonchev–Trinajstić information content (AvgIpc) is 2.76. The molecule has 0 atom stereocenters. The maximum Gasteiger partial charge on any atom is 0.236 e. The Morgan fingerprint density at radius 2 is 2.29 bits per heavy atom. The Hall–Kier alpha value is -0.430. The molecule has 2 heterocycles. The molecule has 0 spiro atoms. The molecule has 4 nitrogen and oxygen atoms in total. The number of hydrogen-bond acceptors (Lipinski definition) is 4. The smallest absolute Gasteiger partial charge is 0.236 e. The van der Waals surface area contributed by atoms with E-state index in [2.05, 4.69) is 21.2 Å². The lowest BCUT2D eigenvalue weighted by molar-refractivity contribution is -0.134. The molecule has 0 aliphatic carbocycles. The van der Waals surface area contributed by atoms with Gasteiger partial charge in [-0.25, -0.2) is 0 Å². The highest BCUT2D eigenvalue weighted by molar-refractivity contribution is 9.10. The van der Waals surface area contributed by atoms with Crippen molar-refractivity contribution in [2.45, 2.75) is 6.54 Å². The van der Waals surface area contributed by atoms with E-state index >= 15 is 0 Å². The van der Waals surface area contributed by atoms with Crippen LogP contribution in [0.4, 0.5) is 0 Å². The van der Waals surface area contributed by atoms with Gasteiger partial charge in [-0.1, -0.05) is 0 Å². The number of carbonyl (C=O) groups is 1. The summed E-state index contributed by atoms with van der Waals surface area (Å²) in [4.78, 5) is 14.9. The number of nitrogens with zero attached hydrogens (tertiary/aromatic N) is 1. The number of morpholine rings is 1. The molecule has 1 aromatic heterocycles. The minimum absolute atomic E-state index is 0.154. The van der Waals surface area contributed by atoms with E-state index in [-0.39, 0.29) is 5.91 Å². The third-order valence-corrected chi connectivity index (χ3v) is 4.54. The van der Waals surface area contributed by atoms with Crippen LogP contribution in [0.25, 0.3) is 0 Å². The molecule has 0 unspecified atom stereocenters. The van der Waals surface area contributed by atoms with Crippen LogP contribution in [0, 0.1) is 0 Å². The van der Waals surface area contributed by atoms with E-state index in [4.69, 9.17) is 4.74 Å². The Labute approximate surface area is 113 Å². The second-order valence-corrected chi connectivity index (χ2v) is 5.64. The van der Waals surface area contributed by atoms with Crippen molar-refractivity contribution < 1.29 is 9.53 Å². The molecule has 2 rings (SSSR count). The molecule has 17 heavy (non-hydrogen) atoms. The number of halogens is 1. The third-order valence-electron chi connectivity index (χ3n) is 2.62. The number of amides is 1. The van der Waals surface area contributed by atoms with Gasteiger partial charge in [-0.2, -0.15) is 0 Å². The van der Waals surface area contributed by atoms with Gasteiger partial charge in [0.1, 0.15) is 0 Å². The predicted molar refractivity (Wildman–Crippen MR) is 71.1 cm³/mol. The van der Waals surface area contributed by atoms with Crippen molar-refractivity contribution in [2.75, 3.05) is 32.8 Å². The Morgan fingerprint density at radius 1 is 1.53 bits per heavy atom. The van der Waals surface area contributed by atoms with Gasteiger partial charge in [0.2, 0.25) is 5.91 Å². The summed E-state index contributed by atoms with van der Waals surface area (Å²) in [5, 5.41) is 5.21. The number of hydrogen-bond donors (Lipinski definition) is 1. The molecule has 1 saturated heterocycles. The molecule has 1 amide bonds. The fourth-order valence-corrected chi connectivity index (χ4v) is 3.12. The van der Waals surface area contributed by atoms with Crippen molar-refractivity contribution >= 4 is 33.2 Å². The second kappa shape index (κ2) is 6.49. The zero-order chi connectivity index (χ0) is 12.1. The lowest BCUT2D eigenvalue weighted by Crippen LogP contribution is -2.44. The van der Waals surface area contributed by atoms with E-state index in [1.165, 1.54) is 4.88 Å². The van der Waals surface area contributed by atoms with Crippen LogP contribution in [0.1, 0.15) is 4.88 Å². The molecule has 1 N–H and O–H groups in total. The number of ether oxygens (including phenoxy) is 1.